The van der Waals surface area contributed by atoms with E-state index in [0.717, 1.165) is 12.8 Å². The van der Waals surface area contributed by atoms with Gasteiger partial charge in [-0.3, -0.25) is 4.79 Å². The van der Waals surface area contributed by atoms with Gasteiger partial charge >= 0.3 is 6.18 Å². The molecule has 0 aromatic heterocycles. The van der Waals surface area contributed by atoms with Gasteiger partial charge in [0.25, 0.3) is 0 Å². The maximum absolute atomic E-state index is 13.6. The second kappa shape index (κ2) is 8.25. The van der Waals surface area contributed by atoms with Crippen LogP contribution in [-0.2, 0) is 9.53 Å². The lowest BCUT2D eigenvalue weighted by Gasteiger charge is -2.39. The van der Waals surface area contributed by atoms with E-state index in [1.165, 1.54) is 13.0 Å². The summed E-state index contributed by atoms with van der Waals surface area (Å²) in [7, 11) is 0. The molecule has 1 unspecified atom stereocenters. The van der Waals surface area contributed by atoms with E-state index in [2.05, 4.69) is 5.32 Å². The maximum atomic E-state index is 13.6. The minimum Gasteiger partial charge on any atom is -0.378 e. The van der Waals surface area contributed by atoms with Gasteiger partial charge in [-0.05, 0) is 25.8 Å². The molecule has 0 saturated carbocycles. The molecule has 0 aromatic rings. The molecular weight excluding hydrogens is 333 g/mol. The molecule has 0 radical (unpaired) electrons. The summed E-state index contributed by atoms with van der Waals surface area (Å²) in [6, 6.07) is 0. The third-order valence-electron chi connectivity index (χ3n) is 4.71. The second-order valence-corrected chi connectivity index (χ2v) is 6.83. The summed E-state index contributed by atoms with van der Waals surface area (Å²) in [4.78, 5) is 14.0. The first-order valence-electron chi connectivity index (χ1n) is 8.89. The number of hydrogen-bond donors (Lipinski definition) is 1. The van der Waals surface area contributed by atoms with Crippen LogP contribution in [0.4, 0.5) is 13.2 Å². The van der Waals surface area contributed by atoms with Gasteiger partial charge in [0.15, 0.2) is 0 Å². The first kappa shape index (κ1) is 19.8. The van der Waals surface area contributed by atoms with Crippen molar-refractivity contribution in [1.82, 2.24) is 10.2 Å². The molecule has 0 aromatic carbocycles. The van der Waals surface area contributed by atoms with Gasteiger partial charge in [-0.15, -0.1) is 0 Å². The molecule has 1 fully saturated rings. The molecule has 1 heterocycles. The molecule has 0 spiro atoms. The number of unbranched alkanes of at least 4 members (excludes halogenated alkanes) is 2. The fourth-order valence-electron chi connectivity index (χ4n) is 3.25. The maximum Gasteiger partial charge on any atom is 0.415 e. The second-order valence-electron chi connectivity index (χ2n) is 6.83. The fourth-order valence-corrected chi connectivity index (χ4v) is 3.25. The third kappa shape index (κ3) is 5.23. The van der Waals surface area contributed by atoms with Gasteiger partial charge in [0.05, 0.1) is 24.3 Å². The van der Waals surface area contributed by atoms with Crippen LogP contribution in [0.15, 0.2) is 23.4 Å². The number of carbonyl (C=O) groups is 1. The van der Waals surface area contributed by atoms with Gasteiger partial charge in [-0.2, -0.15) is 13.2 Å². The normalized spacial score (nSPS) is 24.6. The monoisotopic (exact) mass is 360 g/mol. The molecule has 142 valence electrons. The summed E-state index contributed by atoms with van der Waals surface area (Å²) >= 11 is 0. The van der Waals surface area contributed by atoms with E-state index in [1.807, 2.05) is 11.8 Å². The Kier molecular flexibility index (Phi) is 6.54. The molecule has 1 saturated heterocycles. The number of alkyl halides is 3. The summed E-state index contributed by atoms with van der Waals surface area (Å²) < 4.78 is 46.2. The van der Waals surface area contributed by atoms with E-state index in [9.17, 15) is 18.0 Å². The van der Waals surface area contributed by atoms with Crippen molar-refractivity contribution < 1.29 is 22.7 Å². The average molecular weight is 360 g/mol. The van der Waals surface area contributed by atoms with Crippen LogP contribution in [0.2, 0.25) is 0 Å². The number of amides is 1. The summed E-state index contributed by atoms with van der Waals surface area (Å²) in [6.07, 6.45) is 1.42. The molecule has 7 heteroatoms. The largest absolute Gasteiger partial charge is 0.415 e. The summed E-state index contributed by atoms with van der Waals surface area (Å²) in [5, 5.41) is 2.62. The Morgan fingerprint density at radius 1 is 1.32 bits per heavy atom. The number of carbonyl (C=O) groups excluding carboxylic acids is 1. The van der Waals surface area contributed by atoms with Gasteiger partial charge in [-0.1, -0.05) is 25.8 Å². The topological polar surface area (TPSA) is 41.6 Å². The van der Waals surface area contributed by atoms with Crippen molar-refractivity contribution in [1.29, 1.82) is 0 Å². The first-order chi connectivity index (χ1) is 11.8. The van der Waals surface area contributed by atoms with Crippen molar-refractivity contribution in [2.24, 2.45) is 0 Å². The van der Waals surface area contributed by atoms with Crippen LogP contribution < -0.4 is 5.32 Å². The third-order valence-corrected chi connectivity index (χ3v) is 4.71. The molecule has 25 heavy (non-hydrogen) atoms. The Bertz CT molecular complexity index is 537. The predicted molar refractivity (Wildman–Crippen MR) is 89.9 cm³/mol. The number of nitrogens with one attached hydrogen (secondary N) is 1. The first-order valence-corrected chi connectivity index (χ1v) is 8.89. The van der Waals surface area contributed by atoms with Crippen LogP contribution in [0.1, 0.15) is 46.0 Å². The van der Waals surface area contributed by atoms with Gasteiger partial charge < -0.3 is 15.0 Å². The van der Waals surface area contributed by atoms with Crippen LogP contribution in [0.5, 0.6) is 0 Å². The number of morpholine rings is 1. The van der Waals surface area contributed by atoms with Crippen LogP contribution in [0.25, 0.3) is 0 Å². The van der Waals surface area contributed by atoms with Gasteiger partial charge in [0.2, 0.25) is 5.91 Å². The minimum absolute atomic E-state index is 0.130. The zero-order valence-electron chi connectivity index (χ0n) is 14.9. The lowest BCUT2D eigenvalue weighted by Crippen LogP contribution is -2.52. The molecule has 1 aliphatic heterocycles. The molecule has 2 aliphatic rings. The predicted octanol–water partition coefficient (Wildman–Crippen LogP) is 3.55. The number of allylic oxidation sites excluding steroid dienone is 1. The highest BCUT2D eigenvalue weighted by Crippen LogP contribution is 2.40. The van der Waals surface area contributed by atoms with Gasteiger partial charge in [0, 0.05) is 25.2 Å². The fraction of sp³-hybridized carbons (Fsp3) is 0.722. The lowest BCUT2D eigenvalue weighted by atomic mass is 9.82. The average Bonchev–Trinajstić information content (AvgIpc) is 2.55. The quantitative estimate of drug-likeness (QED) is 0.737. The molecule has 0 bridgehead atoms. The SMILES string of the molecule is CCCCCC(=O)NC1(C)CC=C(N2CCOCC2)C=C1C(F)(F)F. The Labute approximate surface area is 147 Å². The highest BCUT2D eigenvalue weighted by Gasteiger charge is 2.47. The van der Waals surface area contributed by atoms with Gasteiger partial charge in [-0.25, -0.2) is 0 Å². The van der Waals surface area contributed by atoms with Crippen molar-refractivity contribution in [3.8, 4) is 0 Å². The molecule has 1 atom stereocenters. The summed E-state index contributed by atoms with van der Waals surface area (Å²) in [5.74, 6) is -0.325. The molecule has 1 amide bonds. The Balaban J connectivity index is 2.14. The van der Waals surface area contributed by atoms with Crippen molar-refractivity contribution in [2.45, 2.75) is 57.7 Å². The zero-order chi connectivity index (χ0) is 18.5. The number of hydrogen-bond acceptors (Lipinski definition) is 3. The van der Waals surface area contributed by atoms with E-state index >= 15 is 0 Å². The van der Waals surface area contributed by atoms with E-state index in [4.69, 9.17) is 4.74 Å². The number of nitrogens with zero attached hydrogens (tertiary/aromatic N) is 1. The zero-order valence-corrected chi connectivity index (χ0v) is 14.9. The standard InChI is InChI=1S/C18H27F3N2O2/c1-3-4-5-6-16(24)22-17(2)8-7-14(13-15(17)18(19,20)21)23-9-11-25-12-10-23/h7,13H,3-6,8-12H2,1-2H3,(H,22,24). The van der Waals surface area contributed by atoms with Gasteiger partial charge in [0.1, 0.15) is 0 Å². The van der Waals surface area contributed by atoms with Crippen LogP contribution in [0, 0.1) is 0 Å². The Hall–Kier alpha value is -1.50. The smallest absolute Gasteiger partial charge is 0.378 e. The minimum atomic E-state index is -4.49. The number of halogens is 3. The lowest BCUT2D eigenvalue weighted by molar-refractivity contribution is -0.125. The van der Waals surface area contributed by atoms with E-state index in [1.54, 1.807) is 6.08 Å². The van der Waals surface area contributed by atoms with Crippen molar-refractivity contribution in [3.05, 3.63) is 23.4 Å². The number of ether oxygens (including phenoxy) is 1. The molecule has 2 rings (SSSR count). The van der Waals surface area contributed by atoms with Crippen molar-refractivity contribution in [3.63, 3.8) is 0 Å². The van der Waals surface area contributed by atoms with Crippen molar-refractivity contribution in [2.75, 3.05) is 26.3 Å². The van der Waals surface area contributed by atoms with Crippen LogP contribution in [-0.4, -0.2) is 48.8 Å². The molecule has 1 N–H and O–H groups in total. The Morgan fingerprint density at radius 3 is 2.60 bits per heavy atom. The van der Waals surface area contributed by atoms with E-state index < -0.39 is 17.3 Å². The van der Waals surface area contributed by atoms with E-state index in [-0.39, 0.29) is 18.7 Å². The summed E-state index contributed by atoms with van der Waals surface area (Å²) in [5.41, 5.74) is -1.54. The molecular formula is C18H27F3N2O2. The van der Waals surface area contributed by atoms with Crippen LogP contribution in [0.3, 0.4) is 0 Å². The molecule has 4 nitrogen and oxygen atoms in total. The summed E-state index contributed by atoms with van der Waals surface area (Å²) in [6.45, 7) is 5.65. The highest BCUT2D eigenvalue weighted by molar-refractivity contribution is 5.77. The number of rotatable bonds is 6. The Morgan fingerprint density at radius 2 is 2.00 bits per heavy atom. The van der Waals surface area contributed by atoms with Crippen LogP contribution >= 0.6 is 0 Å². The molecule has 1 aliphatic carbocycles. The van der Waals surface area contributed by atoms with E-state index in [0.29, 0.717) is 38.4 Å². The highest BCUT2D eigenvalue weighted by atomic mass is 19.4. The van der Waals surface area contributed by atoms with Crippen molar-refractivity contribution >= 4 is 5.91 Å².